The van der Waals surface area contributed by atoms with Crippen LogP contribution in [0.5, 0.6) is 0 Å². The average molecular weight is 965 g/mol. The van der Waals surface area contributed by atoms with Gasteiger partial charge in [0.1, 0.15) is 24.4 Å². The molecule has 0 bridgehead atoms. The van der Waals surface area contributed by atoms with E-state index in [0.29, 0.717) is 39.5 Å². The van der Waals surface area contributed by atoms with Gasteiger partial charge >= 0.3 is 0 Å². The second-order valence-electron chi connectivity index (χ2n) is 19.0. The van der Waals surface area contributed by atoms with Crippen LogP contribution in [0.15, 0.2) is 48.6 Å². The quantitative estimate of drug-likeness (QED) is 0.0290. The van der Waals surface area contributed by atoms with Gasteiger partial charge in [0.15, 0.2) is 12.1 Å². The summed E-state index contributed by atoms with van der Waals surface area (Å²) in [4.78, 5) is 14.7. The Bertz CT molecular complexity index is 1250. The molecule has 5 N–H and O–H groups in total. The summed E-state index contributed by atoms with van der Waals surface area (Å²) in [6.45, 7) is 6.99. The van der Waals surface area contributed by atoms with Crippen LogP contribution in [0, 0.1) is 0 Å². The smallest absolute Gasteiger partial charge is 0.234 e. The number of aliphatic hydroxyl groups is 4. The maximum absolute atomic E-state index is 12.7. The molecule has 0 aromatic heterocycles. The molecule has 0 spiro atoms. The highest BCUT2D eigenvalue weighted by atomic mass is 16.7. The van der Waals surface area contributed by atoms with E-state index in [2.05, 4.69) is 67.8 Å². The van der Waals surface area contributed by atoms with Gasteiger partial charge < -0.3 is 54.2 Å². The van der Waals surface area contributed by atoms with Gasteiger partial charge in [-0.3, -0.25) is 9.69 Å². The van der Waals surface area contributed by atoms with Gasteiger partial charge in [-0.1, -0.05) is 140 Å². The van der Waals surface area contributed by atoms with E-state index < -0.39 is 43.1 Å². The van der Waals surface area contributed by atoms with Crippen LogP contribution >= 0.6 is 0 Å². The fourth-order valence-corrected chi connectivity index (χ4v) is 8.58. The number of amides is 1. The number of unbranched alkanes of at least 4 members (excludes halogenated alkanes) is 18. The number of carbonyl (C=O) groups excluding carboxylic acids is 1. The van der Waals surface area contributed by atoms with Gasteiger partial charge in [0.25, 0.3) is 0 Å². The highest BCUT2D eigenvalue weighted by Gasteiger charge is 2.44. The molecule has 0 radical (unpaired) electrons. The van der Waals surface area contributed by atoms with Crippen LogP contribution in [0.2, 0.25) is 0 Å². The first-order valence-electron chi connectivity index (χ1n) is 27.2. The third-order valence-corrected chi connectivity index (χ3v) is 12.7. The minimum absolute atomic E-state index is 0.0683. The van der Waals surface area contributed by atoms with Crippen molar-refractivity contribution in [1.82, 2.24) is 10.2 Å². The van der Waals surface area contributed by atoms with Crippen LogP contribution in [0.25, 0.3) is 0 Å². The fourth-order valence-electron chi connectivity index (χ4n) is 8.58. The molecule has 13 heteroatoms. The van der Waals surface area contributed by atoms with Crippen molar-refractivity contribution in [2.75, 3.05) is 72.9 Å². The Kier molecular flexibility index (Phi) is 39.0. The third kappa shape index (κ3) is 31.4. The number of likely N-dealkylation sites (N-methyl/N-ethyl adjacent to an activating group) is 1. The van der Waals surface area contributed by atoms with Crippen LogP contribution < -0.4 is 5.32 Å². The number of ether oxygens (including phenoxy) is 6. The van der Waals surface area contributed by atoms with Crippen molar-refractivity contribution < 1.29 is 53.6 Å². The second-order valence-corrected chi connectivity index (χ2v) is 19.0. The predicted molar refractivity (Wildman–Crippen MR) is 273 cm³/mol. The Hall–Kier alpha value is -2.01. The summed E-state index contributed by atoms with van der Waals surface area (Å²) in [6.07, 6.45) is 43.2. The summed E-state index contributed by atoms with van der Waals surface area (Å²) < 4.78 is 35.1. The zero-order valence-corrected chi connectivity index (χ0v) is 43.1. The van der Waals surface area contributed by atoms with Crippen LogP contribution in [-0.4, -0.2) is 147 Å². The van der Waals surface area contributed by atoms with Gasteiger partial charge in [-0.15, -0.1) is 0 Å². The number of rotatable bonds is 45. The fraction of sp³-hybridized carbons (Fsp3) is 0.836. The lowest BCUT2D eigenvalue weighted by atomic mass is 9.98. The number of aliphatic hydroxyl groups excluding tert-OH is 4. The van der Waals surface area contributed by atoms with Crippen LogP contribution in [0.1, 0.15) is 181 Å². The van der Waals surface area contributed by atoms with Gasteiger partial charge in [-0.25, -0.2) is 0 Å². The van der Waals surface area contributed by atoms with Crippen molar-refractivity contribution in [2.45, 2.75) is 223 Å². The number of allylic oxidation sites excluding steroid dienone is 8. The van der Waals surface area contributed by atoms with E-state index in [1.807, 2.05) is 11.9 Å². The number of hydrogen-bond acceptors (Lipinski definition) is 12. The highest BCUT2D eigenvalue weighted by molar-refractivity contribution is 5.77. The molecule has 2 heterocycles. The minimum Gasteiger partial charge on any atom is -0.394 e. The Labute approximate surface area is 413 Å². The lowest BCUT2D eigenvalue weighted by molar-refractivity contribution is -0.302. The molecule has 6 atom stereocenters. The lowest BCUT2D eigenvalue weighted by Crippen LogP contribution is -2.59. The molecule has 0 aliphatic carbocycles. The Balaban J connectivity index is 1.63. The van der Waals surface area contributed by atoms with Crippen molar-refractivity contribution >= 4 is 5.91 Å². The number of carbonyl (C=O) groups is 1. The zero-order chi connectivity index (χ0) is 49.2. The summed E-state index contributed by atoms with van der Waals surface area (Å²) >= 11 is 0. The van der Waals surface area contributed by atoms with E-state index >= 15 is 0 Å². The number of nitrogens with one attached hydrogen (secondary N) is 1. The molecule has 2 saturated heterocycles. The molecular weight excluding hydrogens is 865 g/mol. The van der Waals surface area contributed by atoms with E-state index in [1.165, 1.54) is 128 Å². The van der Waals surface area contributed by atoms with E-state index in [1.54, 1.807) is 0 Å². The standard InChI is InChI=1S/C55H100N2O11/c1-4-6-8-10-12-14-16-18-20-22-24-26-28-30-32-34-36-55(37-35-33-31-29-27-25-23-21-19-17-15-13-11-9-7-5-2)66-47-48(68-55)44-57(3)45-50(59)56-38-39-63-40-41-64-42-43-65-54-53(62)52(61)51(60)49(46-58)67-54/h12-15,18-21,48-49,51-54,58,60-62H,4-11,16-17,22-47H2,1-3H3,(H,56,59)/b14-12-,15-13-,20-18-,21-19-/t48-,49?,51+,52?,53?,54+/m0/s1. The Morgan fingerprint density at radius 2 is 1.12 bits per heavy atom. The number of hydrogen-bond donors (Lipinski definition) is 5. The average Bonchev–Trinajstić information content (AvgIpc) is 3.73. The van der Waals surface area contributed by atoms with E-state index in [9.17, 15) is 25.2 Å². The molecular formula is C55H100N2O11. The highest BCUT2D eigenvalue weighted by Crippen LogP contribution is 2.35. The first kappa shape index (κ1) is 62.1. The number of nitrogens with zero attached hydrogens (tertiary/aromatic N) is 1. The monoisotopic (exact) mass is 965 g/mol. The molecule has 2 fully saturated rings. The summed E-state index contributed by atoms with van der Waals surface area (Å²) in [7, 11) is 1.95. The van der Waals surface area contributed by atoms with E-state index in [0.717, 1.165) is 38.5 Å². The largest absolute Gasteiger partial charge is 0.394 e. The normalized spacial score (nSPS) is 22.1. The summed E-state index contributed by atoms with van der Waals surface area (Å²) in [5.74, 6) is -0.609. The summed E-state index contributed by atoms with van der Waals surface area (Å²) in [6, 6.07) is 0. The second kappa shape index (κ2) is 42.7. The van der Waals surface area contributed by atoms with Gasteiger partial charge in [-0.2, -0.15) is 0 Å². The van der Waals surface area contributed by atoms with Crippen LogP contribution in [0.3, 0.4) is 0 Å². The molecule has 1 amide bonds. The first-order valence-corrected chi connectivity index (χ1v) is 27.2. The predicted octanol–water partition coefficient (Wildman–Crippen LogP) is 9.40. The van der Waals surface area contributed by atoms with Gasteiger partial charge in [0.05, 0.1) is 58.9 Å². The Morgan fingerprint density at radius 3 is 1.65 bits per heavy atom. The molecule has 396 valence electrons. The molecule has 13 nitrogen and oxygen atoms in total. The topological polar surface area (TPSA) is 169 Å². The zero-order valence-electron chi connectivity index (χ0n) is 43.1. The summed E-state index contributed by atoms with van der Waals surface area (Å²) in [5, 5.41) is 42.0. The molecule has 3 unspecified atom stereocenters. The molecule has 0 saturated carbocycles. The maximum atomic E-state index is 12.7. The SMILES string of the molecule is CCCCC/C=C\C/C=C\CCCCCCCCC1(CCCCCCCC/C=C\C/C=C\CCCCC)OC[C@H](CN(C)CC(=O)NCCOCCOCCO[C@@H]2OC(CO)[C@@H](O)C(O)C2O)O1. The molecule has 0 aromatic rings. The van der Waals surface area contributed by atoms with E-state index in [4.69, 9.17) is 28.4 Å². The lowest BCUT2D eigenvalue weighted by Gasteiger charge is -2.39. The molecule has 2 aliphatic heterocycles. The van der Waals surface area contributed by atoms with E-state index in [-0.39, 0.29) is 31.8 Å². The molecule has 68 heavy (non-hydrogen) atoms. The van der Waals surface area contributed by atoms with Crippen molar-refractivity contribution in [3.8, 4) is 0 Å². The molecule has 2 aliphatic rings. The van der Waals surface area contributed by atoms with Crippen LogP contribution in [0.4, 0.5) is 0 Å². The minimum atomic E-state index is -1.49. The van der Waals surface area contributed by atoms with Gasteiger partial charge in [0.2, 0.25) is 5.91 Å². The van der Waals surface area contributed by atoms with Crippen molar-refractivity contribution in [3.63, 3.8) is 0 Å². The first-order chi connectivity index (χ1) is 33.2. The van der Waals surface area contributed by atoms with Crippen LogP contribution in [-0.2, 0) is 33.2 Å². The molecule has 0 aromatic carbocycles. The maximum Gasteiger partial charge on any atom is 0.234 e. The van der Waals surface area contributed by atoms with Crippen molar-refractivity contribution in [3.05, 3.63) is 48.6 Å². The Morgan fingerprint density at radius 1 is 0.632 bits per heavy atom. The van der Waals surface area contributed by atoms with Crippen molar-refractivity contribution in [2.24, 2.45) is 0 Å². The summed E-state index contributed by atoms with van der Waals surface area (Å²) in [5.41, 5.74) is 0. The van der Waals surface area contributed by atoms with Gasteiger partial charge in [0, 0.05) is 25.9 Å². The molecule has 2 rings (SSSR count). The van der Waals surface area contributed by atoms with Crippen molar-refractivity contribution in [1.29, 1.82) is 0 Å². The van der Waals surface area contributed by atoms with Gasteiger partial charge in [-0.05, 0) is 84.1 Å². The third-order valence-electron chi connectivity index (χ3n) is 12.7.